The molecule has 0 aliphatic rings. The maximum atomic E-state index is 9.32. The number of benzene rings is 2. The van der Waals surface area contributed by atoms with Crippen LogP contribution < -0.4 is 4.90 Å². The van der Waals surface area contributed by atoms with Gasteiger partial charge in [0.15, 0.2) is 5.82 Å². The van der Waals surface area contributed by atoms with E-state index < -0.39 is 0 Å². The third kappa shape index (κ3) is 2.38. The maximum absolute atomic E-state index is 9.32. The van der Waals surface area contributed by atoms with Crippen LogP contribution in [0.1, 0.15) is 0 Å². The van der Waals surface area contributed by atoms with Crippen LogP contribution in [0.3, 0.4) is 0 Å². The summed E-state index contributed by atoms with van der Waals surface area (Å²) < 4.78 is 0. The molecule has 1 N–H and O–H groups in total. The van der Waals surface area contributed by atoms with E-state index in [-0.39, 0.29) is 5.75 Å². The van der Waals surface area contributed by atoms with Crippen LogP contribution in [0, 0.1) is 0 Å². The molecule has 0 atom stereocenters. The number of aromatic hydroxyl groups is 1. The van der Waals surface area contributed by atoms with Crippen molar-refractivity contribution >= 4 is 34.1 Å². The molecule has 3 rings (SSSR count). The molecular formula is C15H12ClN3O. The second kappa shape index (κ2) is 4.98. The molecule has 5 heteroatoms. The summed E-state index contributed by atoms with van der Waals surface area (Å²) in [5.74, 6) is 0.965. The third-order valence-corrected chi connectivity index (χ3v) is 3.31. The normalized spacial score (nSPS) is 10.7. The Kier molecular flexibility index (Phi) is 3.16. The van der Waals surface area contributed by atoms with Crippen LogP contribution in [-0.2, 0) is 0 Å². The minimum atomic E-state index is 0.237. The third-order valence-electron chi connectivity index (χ3n) is 3.07. The van der Waals surface area contributed by atoms with Gasteiger partial charge in [-0.2, -0.15) is 0 Å². The van der Waals surface area contributed by atoms with Crippen LogP contribution in [0.15, 0.2) is 48.7 Å². The van der Waals surface area contributed by atoms with Crippen molar-refractivity contribution in [1.29, 1.82) is 0 Å². The van der Waals surface area contributed by atoms with Gasteiger partial charge in [-0.1, -0.05) is 11.6 Å². The lowest BCUT2D eigenvalue weighted by molar-refractivity contribution is 0.475. The summed E-state index contributed by atoms with van der Waals surface area (Å²) in [5.41, 5.74) is 2.48. The quantitative estimate of drug-likeness (QED) is 0.779. The fraction of sp³-hybridized carbons (Fsp3) is 0.0667. The lowest BCUT2D eigenvalue weighted by Gasteiger charge is -2.18. The van der Waals surface area contributed by atoms with E-state index in [0.717, 1.165) is 22.5 Å². The van der Waals surface area contributed by atoms with Crippen LogP contribution in [0.4, 0.5) is 11.5 Å². The van der Waals surface area contributed by atoms with Gasteiger partial charge < -0.3 is 10.0 Å². The van der Waals surface area contributed by atoms with Gasteiger partial charge in [0.2, 0.25) is 0 Å². The Morgan fingerprint density at radius 2 is 1.80 bits per heavy atom. The van der Waals surface area contributed by atoms with Crippen LogP contribution in [0.2, 0.25) is 5.02 Å². The van der Waals surface area contributed by atoms with Crippen LogP contribution in [-0.4, -0.2) is 22.1 Å². The molecule has 0 saturated heterocycles. The maximum Gasteiger partial charge on any atom is 0.152 e. The van der Waals surface area contributed by atoms with E-state index in [9.17, 15) is 5.11 Å². The Morgan fingerprint density at radius 1 is 1.05 bits per heavy atom. The molecule has 0 aliphatic carbocycles. The van der Waals surface area contributed by atoms with Gasteiger partial charge >= 0.3 is 0 Å². The summed E-state index contributed by atoms with van der Waals surface area (Å²) in [6.45, 7) is 0. The van der Waals surface area contributed by atoms with Crippen molar-refractivity contribution in [1.82, 2.24) is 9.97 Å². The summed E-state index contributed by atoms with van der Waals surface area (Å²) in [7, 11) is 1.90. The number of aromatic nitrogens is 2. The molecule has 0 aliphatic heterocycles. The van der Waals surface area contributed by atoms with E-state index in [0.29, 0.717) is 5.02 Å². The summed E-state index contributed by atoms with van der Waals surface area (Å²) in [6.07, 6.45) is 1.70. The molecule has 2 aromatic carbocycles. The number of halogens is 1. The molecule has 0 bridgehead atoms. The molecule has 0 amide bonds. The van der Waals surface area contributed by atoms with E-state index in [4.69, 9.17) is 11.6 Å². The molecule has 0 saturated carbocycles. The lowest BCUT2D eigenvalue weighted by Crippen LogP contribution is -2.11. The molecular weight excluding hydrogens is 274 g/mol. The van der Waals surface area contributed by atoms with E-state index >= 15 is 0 Å². The highest BCUT2D eigenvalue weighted by Crippen LogP contribution is 2.25. The van der Waals surface area contributed by atoms with Gasteiger partial charge in [-0.05, 0) is 42.5 Å². The van der Waals surface area contributed by atoms with Gasteiger partial charge in [0.25, 0.3) is 0 Å². The second-order valence-electron chi connectivity index (χ2n) is 4.44. The zero-order valence-corrected chi connectivity index (χ0v) is 11.5. The van der Waals surface area contributed by atoms with Gasteiger partial charge in [-0.3, -0.25) is 4.98 Å². The molecule has 0 unspecified atom stereocenters. The van der Waals surface area contributed by atoms with Crippen LogP contribution in [0.25, 0.3) is 11.0 Å². The van der Waals surface area contributed by atoms with Crippen LogP contribution >= 0.6 is 11.6 Å². The minimum Gasteiger partial charge on any atom is -0.508 e. The molecule has 20 heavy (non-hydrogen) atoms. The Bertz CT molecular complexity index is 759. The average Bonchev–Trinajstić information content (AvgIpc) is 2.47. The van der Waals surface area contributed by atoms with E-state index in [2.05, 4.69) is 9.97 Å². The molecule has 0 radical (unpaired) electrons. The summed E-state index contributed by atoms with van der Waals surface area (Å²) >= 11 is 5.93. The number of nitrogens with zero attached hydrogens (tertiary/aromatic N) is 3. The SMILES string of the molecule is CN(c1ccc(O)cc1)c1cnc2cc(Cl)ccc2n1. The van der Waals surface area contributed by atoms with E-state index in [1.807, 2.05) is 30.1 Å². The number of phenolic OH excluding ortho intramolecular Hbond substituents is 1. The Morgan fingerprint density at radius 3 is 2.55 bits per heavy atom. The zero-order valence-electron chi connectivity index (χ0n) is 10.8. The number of anilines is 2. The first-order valence-electron chi connectivity index (χ1n) is 6.08. The van der Waals surface area contributed by atoms with Crippen molar-refractivity contribution in [2.45, 2.75) is 0 Å². The van der Waals surface area contributed by atoms with Crippen LogP contribution in [0.5, 0.6) is 5.75 Å². The molecule has 0 fully saturated rings. The van der Waals surface area contributed by atoms with Crippen molar-refractivity contribution in [3.63, 3.8) is 0 Å². The number of phenols is 1. The molecule has 0 spiro atoms. The highest BCUT2D eigenvalue weighted by molar-refractivity contribution is 6.31. The lowest BCUT2D eigenvalue weighted by atomic mass is 10.2. The van der Waals surface area contributed by atoms with Crippen molar-refractivity contribution in [3.8, 4) is 5.75 Å². The van der Waals surface area contributed by atoms with Crippen molar-refractivity contribution in [2.24, 2.45) is 0 Å². The largest absolute Gasteiger partial charge is 0.508 e. The highest BCUT2D eigenvalue weighted by Gasteiger charge is 2.07. The van der Waals surface area contributed by atoms with Gasteiger partial charge in [-0.25, -0.2) is 4.98 Å². The predicted molar refractivity (Wildman–Crippen MR) is 80.7 cm³/mol. The first-order valence-corrected chi connectivity index (χ1v) is 6.46. The molecule has 1 aromatic heterocycles. The summed E-state index contributed by atoms with van der Waals surface area (Å²) in [6, 6.07) is 12.3. The summed E-state index contributed by atoms with van der Waals surface area (Å²) in [4.78, 5) is 10.8. The number of hydrogen-bond acceptors (Lipinski definition) is 4. The van der Waals surface area contributed by atoms with E-state index in [1.54, 1.807) is 30.5 Å². The van der Waals surface area contributed by atoms with Crippen molar-refractivity contribution in [3.05, 3.63) is 53.7 Å². The number of rotatable bonds is 2. The average molecular weight is 286 g/mol. The molecule has 1 heterocycles. The first-order chi connectivity index (χ1) is 9.63. The highest BCUT2D eigenvalue weighted by atomic mass is 35.5. The monoisotopic (exact) mass is 285 g/mol. The Labute approximate surface area is 121 Å². The van der Waals surface area contributed by atoms with Gasteiger partial charge in [0, 0.05) is 17.8 Å². The molecule has 100 valence electrons. The Hall–Kier alpha value is -2.33. The van der Waals surface area contributed by atoms with Crippen molar-refractivity contribution < 1.29 is 5.11 Å². The predicted octanol–water partition coefficient (Wildman–Crippen LogP) is 3.76. The number of fused-ring (bicyclic) bond motifs is 1. The molecule has 4 nitrogen and oxygen atoms in total. The van der Waals surface area contributed by atoms with Gasteiger partial charge in [0.05, 0.1) is 17.2 Å². The fourth-order valence-electron chi connectivity index (χ4n) is 1.94. The van der Waals surface area contributed by atoms with E-state index in [1.165, 1.54) is 0 Å². The minimum absolute atomic E-state index is 0.237. The summed E-state index contributed by atoms with van der Waals surface area (Å²) in [5, 5.41) is 9.96. The van der Waals surface area contributed by atoms with Gasteiger partial charge in [0.1, 0.15) is 5.75 Å². The topological polar surface area (TPSA) is 49.2 Å². The molecule has 3 aromatic rings. The number of hydrogen-bond donors (Lipinski definition) is 1. The van der Waals surface area contributed by atoms with Gasteiger partial charge in [-0.15, -0.1) is 0 Å². The second-order valence-corrected chi connectivity index (χ2v) is 4.87. The first kappa shape index (κ1) is 12.7. The van der Waals surface area contributed by atoms with Crippen molar-refractivity contribution in [2.75, 3.05) is 11.9 Å². The fourth-order valence-corrected chi connectivity index (χ4v) is 2.11. The standard InChI is InChI=1S/C15H12ClN3O/c1-19(11-3-5-12(20)6-4-11)15-9-17-14-8-10(16)2-7-13(14)18-15/h2-9,20H,1H3. The Balaban J connectivity index is 2.01. The smallest absolute Gasteiger partial charge is 0.152 e. The zero-order chi connectivity index (χ0) is 14.1.